The van der Waals surface area contributed by atoms with Gasteiger partial charge in [-0.15, -0.1) is 0 Å². The maximum atomic E-state index is 12.3. The quantitative estimate of drug-likeness (QED) is 0.790. The summed E-state index contributed by atoms with van der Waals surface area (Å²) in [5.74, 6) is 0.625. The Kier molecular flexibility index (Phi) is 5.25. The van der Waals surface area contributed by atoms with Crippen molar-refractivity contribution >= 4 is 12.0 Å². The number of aryl methyl sites for hydroxylation is 1. The van der Waals surface area contributed by atoms with Gasteiger partial charge in [-0.1, -0.05) is 6.92 Å². The van der Waals surface area contributed by atoms with Gasteiger partial charge >= 0.3 is 6.01 Å². The van der Waals surface area contributed by atoms with Crippen LogP contribution in [0.15, 0.2) is 41.3 Å². The Labute approximate surface area is 141 Å². The lowest BCUT2D eigenvalue weighted by atomic mass is 10.1. The van der Waals surface area contributed by atoms with Crippen LogP contribution in [0.1, 0.15) is 31.1 Å². The highest BCUT2D eigenvalue weighted by molar-refractivity contribution is 5.91. The Morgan fingerprint density at radius 3 is 3.00 bits per heavy atom. The number of furan rings is 1. The third kappa shape index (κ3) is 4.22. The van der Waals surface area contributed by atoms with Crippen LogP contribution in [0.2, 0.25) is 0 Å². The Morgan fingerprint density at radius 1 is 1.46 bits per heavy atom. The molecule has 1 saturated heterocycles. The molecule has 1 atom stereocenters. The second kappa shape index (κ2) is 7.77. The number of aromatic nitrogens is 2. The van der Waals surface area contributed by atoms with Crippen molar-refractivity contribution in [3.8, 4) is 6.01 Å². The van der Waals surface area contributed by atoms with E-state index in [1.165, 1.54) is 6.08 Å². The van der Waals surface area contributed by atoms with Crippen LogP contribution in [0.25, 0.3) is 6.08 Å². The maximum Gasteiger partial charge on any atom is 0.316 e. The van der Waals surface area contributed by atoms with Gasteiger partial charge in [-0.05, 0) is 43.0 Å². The highest BCUT2D eigenvalue weighted by atomic mass is 16.5. The summed E-state index contributed by atoms with van der Waals surface area (Å²) in [5, 5.41) is 0. The molecule has 0 spiro atoms. The Hall–Kier alpha value is -2.63. The number of hydrogen-bond donors (Lipinski definition) is 0. The standard InChI is InChI=1S/C18H21N3O3/c1-2-14-11-19-18(20-12-14)24-16-5-3-9-21(13-16)17(22)8-7-15-6-4-10-23-15/h4,6-8,10-12,16H,2-3,5,9,13H2,1H3/b8-7+. The molecular formula is C18H21N3O3. The maximum absolute atomic E-state index is 12.3. The Morgan fingerprint density at radius 2 is 2.29 bits per heavy atom. The number of amides is 1. The molecule has 6 heteroatoms. The number of carbonyl (C=O) groups is 1. The fraction of sp³-hybridized carbons (Fsp3) is 0.389. The first kappa shape index (κ1) is 16.2. The van der Waals surface area contributed by atoms with Crippen LogP contribution in [0.3, 0.4) is 0 Å². The molecule has 1 aliphatic rings. The molecule has 0 radical (unpaired) electrons. The Balaban J connectivity index is 1.56. The van der Waals surface area contributed by atoms with E-state index in [0.717, 1.165) is 31.4 Å². The summed E-state index contributed by atoms with van der Waals surface area (Å²) in [6, 6.07) is 3.97. The summed E-state index contributed by atoms with van der Waals surface area (Å²) in [5.41, 5.74) is 1.07. The average molecular weight is 327 g/mol. The summed E-state index contributed by atoms with van der Waals surface area (Å²) >= 11 is 0. The third-order valence-corrected chi connectivity index (χ3v) is 3.99. The lowest BCUT2D eigenvalue weighted by molar-refractivity contribution is -0.128. The molecule has 0 bridgehead atoms. The number of rotatable bonds is 5. The van der Waals surface area contributed by atoms with Gasteiger partial charge in [0.25, 0.3) is 0 Å². The largest absolute Gasteiger partial charge is 0.465 e. The first-order chi connectivity index (χ1) is 11.7. The van der Waals surface area contributed by atoms with Crippen LogP contribution < -0.4 is 4.74 Å². The molecule has 0 aliphatic carbocycles. The fourth-order valence-electron chi connectivity index (χ4n) is 2.61. The molecular weight excluding hydrogens is 306 g/mol. The van der Waals surface area contributed by atoms with Gasteiger partial charge in [0.15, 0.2) is 0 Å². The van der Waals surface area contributed by atoms with E-state index in [4.69, 9.17) is 9.15 Å². The molecule has 1 fully saturated rings. The lowest BCUT2D eigenvalue weighted by Gasteiger charge is -2.31. The minimum Gasteiger partial charge on any atom is -0.465 e. The van der Waals surface area contributed by atoms with E-state index in [0.29, 0.717) is 18.3 Å². The first-order valence-electron chi connectivity index (χ1n) is 8.22. The van der Waals surface area contributed by atoms with E-state index in [-0.39, 0.29) is 12.0 Å². The number of ether oxygens (including phenoxy) is 1. The SMILES string of the molecule is CCc1cnc(OC2CCCN(C(=O)/C=C/c3ccco3)C2)nc1. The lowest BCUT2D eigenvalue weighted by Crippen LogP contribution is -2.43. The number of piperidine rings is 1. The van der Waals surface area contributed by atoms with E-state index in [9.17, 15) is 4.79 Å². The van der Waals surface area contributed by atoms with Gasteiger partial charge in [0, 0.05) is 25.0 Å². The van der Waals surface area contributed by atoms with Gasteiger partial charge in [-0.3, -0.25) is 4.79 Å². The monoisotopic (exact) mass is 327 g/mol. The molecule has 0 N–H and O–H groups in total. The zero-order chi connectivity index (χ0) is 16.8. The van der Waals surface area contributed by atoms with Crippen molar-refractivity contribution in [2.24, 2.45) is 0 Å². The molecule has 1 unspecified atom stereocenters. The predicted octanol–water partition coefficient (Wildman–Crippen LogP) is 2.72. The molecule has 126 valence electrons. The van der Waals surface area contributed by atoms with Gasteiger partial charge in [0.05, 0.1) is 12.8 Å². The second-order valence-electron chi connectivity index (χ2n) is 5.74. The van der Waals surface area contributed by atoms with Crippen LogP contribution in [0.4, 0.5) is 0 Å². The molecule has 1 amide bonds. The molecule has 2 aromatic heterocycles. The smallest absolute Gasteiger partial charge is 0.316 e. The third-order valence-electron chi connectivity index (χ3n) is 3.99. The van der Waals surface area contributed by atoms with Gasteiger partial charge in [0.2, 0.25) is 5.91 Å². The van der Waals surface area contributed by atoms with E-state index < -0.39 is 0 Å². The second-order valence-corrected chi connectivity index (χ2v) is 5.74. The highest BCUT2D eigenvalue weighted by Gasteiger charge is 2.24. The fourth-order valence-corrected chi connectivity index (χ4v) is 2.61. The number of hydrogen-bond acceptors (Lipinski definition) is 5. The highest BCUT2D eigenvalue weighted by Crippen LogP contribution is 2.16. The van der Waals surface area contributed by atoms with Crippen molar-refractivity contribution in [3.63, 3.8) is 0 Å². The van der Waals surface area contributed by atoms with Crippen LogP contribution in [0.5, 0.6) is 6.01 Å². The Bertz CT molecular complexity index is 680. The van der Waals surface area contributed by atoms with Crippen LogP contribution in [-0.4, -0.2) is 40.0 Å². The minimum absolute atomic E-state index is 0.0399. The molecule has 2 aromatic rings. The van der Waals surface area contributed by atoms with E-state index >= 15 is 0 Å². The molecule has 0 aromatic carbocycles. The summed E-state index contributed by atoms with van der Waals surface area (Å²) in [4.78, 5) is 22.5. The molecule has 0 saturated carbocycles. The van der Waals surface area contributed by atoms with Crippen LogP contribution in [-0.2, 0) is 11.2 Å². The topological polar surface area (TPSA) is 68.5 Å². The molecule has 3 rings (SSSR count). The van der Waals surface area contributed by atoms with Gasteiger partial charge in [-0.2, -0.15) is 0 Å². The van der Waals surface area contributed by atoms with Gasteiger partial charge in [-0.25, -0.2) is 9.97 Å². The zero-order valence-corrected chi connectivity index (χ0v) is 13.7. The van der Waals surface area contributed by atoms with Crippen LogP contribution >= 0.6 is 0 Å². The minimum atomic E-state index is -0.0767. The molecule has 6 nitrogen and oxygen atoms in total. The van der Waals surface area contributed by atoms with Crippen molar-refractivity contribution in [1.82, 2.24) is 14.9 Å². The zero-order valence-electron chi connectivity index (χ0n) is 13.7. The van der Waals surface area contributed by atoms with Gasteiger partial charge in [0.1, 0.15) is 11.9 Å². The van der Waals surface area contributed by atoms with E-state index in [1.807, 2.05) is 6.07 Å². The summed E-state index contributed by atoms with van der Waals surface area (Å²) < 4.78 is 11.0. The first-order valence-corrected chi connectivity index (χ1v) is 8.22. The summed E-state index contributed by atoms with van der Waals surface area (Å²) in [6.07, 6.45) is 11.0. The van der Waals surface area contributed by atoms with Crippen molar-refractivity contribution in [2.45, 2.75) is 32.3 Å². The van der Waals surface area contributed by atoms with Crippen molar-refractivity contribution < 1.29 is 13.9 Å². The normalized spacial score (nSPS) is 18.0. The average Bonchev–Trinajstić information content (AvgIpc) is 3.14. The van der Waals surface area contributed by atoms with Crippen LogP contribution in [0, 0.1) is 0 Å². The number of likely N-dealkylation sites (tertiary alicyclic amines) is 1. The summed E-state index contributed by atoms with van der Waals surface area (Å²) in [6.45, 7) is 3.33. The van der Waals surface area contributed by atoms with E-state index in [1.54, 1.807) is 35.7 Å². The predicted molar refractivity (Wildman–Crippen MR) is 89.4 cm³/mol. The molecule has 24 heavy (non-hydrogen) atoms. The molecule has 3 heterocycles. The summed E-state index contributed by atoms with van der Waals surface area (Å²) in [7, 11) is 0. The molecule has 1 aliphatic heterocycles. The van der Waals surface area contributed by atoms with Crippen molar-refractivity contribution in [3.05, 3.63) is 48.2 Å². The number of carbonyl (C=O) groups excluding carboxylic acids is 1. The van der Waals surface area contributed by atoms with Crippen molar-refractivity contribution in [1.29, 1.82) is 0 Å². The van der Waals surface area contributed by atoms with E-state index in [2.05, 4.69) is 16.9 Å². The van der Waals surface area contributed by atoms with Crippen molar-refractivity contribution in [2.75, 3.05) is 13.1 Å². The number of nitrogens with zero attached hydrogens (tertiary/aromatic N) is 3. The van der Waals surface area contributed by atoms with Gasteiger partial charge < -0.3 is 14.1 Å².